The number of hydrogen-bond donors (Lipinski definition) is 1. The summed E-state index contributed by atoms with van der Waals surface area (Å²) in [6.45, 7) is 0.520. The summed E-state index contributed by atoms with van der Waals surface area (Å²) in [5.74, 6) is -0.450. The van der Waals surface area contributed by atoms with Crippen molar-refractivity contribution in [1.82, 2.24) is 8.87 Å². The fraction of sp³-hybridized carbons (Fsp3) is 0.368. The zero-order chi connectivity index (χ0) is 20.1. The molecule has 28 heavy (non-hydrogen) atoms. The van der Waals surface area contributed by atoms with Crippen LogP contribution < -0.4 is 10.9 Å². The second kappa shape index (κ2) is 8.89. The van der Waals surface area contributed by atoms with Crippen LogP contribution in [0.15, 0.2) is 52.3 Å². The monoisotopic (exact) mass is 423 g/mol. The SMILES string of the molecule is O=C(Cn1cccc(S(=O)(=O)N2CCCCCC2)c1=O)Nc1cccc(Cl)c1. The van der Waals surface area contributed by atoms with Crippen molar-refractivity contribution in [1.29, 1.82) is 0 Å². The average molecular weight is 424 g/mol. The number of amides is 1. The summed E-state index contributed by atoms with van der Waals surface area (Å²) >= 11 is 5.89. The molecule has 2 aromatic rings. The molecule has 0 unspecified atom stereocenters. The number of sulfonamides is 1. The molecule has 1 saturated heterocycles. The molecule has 1 N–H and O–H groups in total. The minimum Gasteiger partial charge on any atom is -0.324 e. The number of rotatable bonds is 5. The average Bonchev–Trinajstić information content (AvgIpc) is 2.93. The Bertz CT molecular complexity index is 1010. The first-order valence-corrected chi connectivity index (χ1v) is 10.9. The largest absolute Gasteiger partial charge is 0.324 e. The second-order valence-corrected chi connectivity index (χ2v) is 9.03. The molecule has 0 bridgehead atoms. The molecule has 1 aliphatic heterocycles. The maximum absolute atomic E-state index is 12.9. The molecule has 0 aliphatic carbocycles. The van der Waals surface area contributed by atoms with Crippen molar-refractivity contribution in [2.24, 2.45) is 0 Å². The number of carbonyl (C=O) groups excluding carboxylic acids is 1. The van der Waals surface area contributed by atoms with E-state index < -0.39 is 21.5 Å². The first-order chi connectivity index (χ1) is 13.4. The highest BCUT2D eigenvalue weighted by Crippen LogP contribution is 2.18. The molecular weight excluding hydrogens is 402 g/mol. The van der Waals surface area contributed by atoms with Gasteiger partial charge in [0.1, 0.15) is 11.4 Å². The summed E-state index contributed by atoms with van der Waals surface area (Å²) in [4.78, 5) is 24.7. The molecule has 0 saturated carbocycles. The van der Waals surface area contributed by atoms with Crippen molar-refractivity contribution in [3.8, 4) is 0 Å². The number of pyridine rings is 1. The number of hydrogen-bond acceptors (Lipinski definition) is 4. The van der Waals surface area contributed by atoms with E-state index in [0.29, 0.717) is 23.8 Å². The first kappa shape index (κ1) is 20.6. The number of halogens is 1. The Kier molecular flexibility index (Phi) is 6.53. The van der Waals surface area contributed by atoms with E-state index in [1.54, 1.807) is 24.3 Å². The van der Waals surface area contributed by atoms with Gasteiger partial charge in [0, 0.05) is 30.0 Å². The molecular formula is C19H22ClN3O4S. The van der Waals surface area contributed by atoms with E-state index in [4.69, 9.17) is 11.6 Å². The summed E-state index contributed by atoms with van der Waals surface area (Å²) in [7, 11) is -3.89. The molecule has 1 amide bonds. The molecule has 1 aromatic carbocycles. The quantitative estimate of drug-likeness (QED) is 0.800. The molecule has 1 fully saturated rings. The van der Waals surface area contributed by atoms with Crippen molar-refractivity contribution < 1.29 is 13.2 Å². The highest BCUT2D eigenvalue weighted by Gasteiger charge is 2.28. The Morgan fingerprint density at radius 1 is 1.07 bits per heavy atom. The lowest BCUT2D eigenvalue weighted by molar-refractivity contribution is -0.116. The van der Waals surface area contributed by atoms with Gasteiger partial charge in [0.15, 0.2) is 0 Å². The van der Waals surface area contributed by atoms with E-state index in [-0.39, 0.29) is 11.4 Å². The third kappa shape index (κ3) is 4.81. The maximum Gasteiger partial charge on any atom is 0.271 e. The molecule has 7 nitrogen and oxygen atoms in total. The number of nitrogens with one attached hydrogen (secondary N) is 1. The molecule has 2 heterocycles. The molecule has 150 valence electrons. The fourth-order valence-electron chi connectivity index (χ4n) is 3.18. The van der Waals surface area contributed by atoms with Gasteiger partial charge < -0.3 is 9.88 Å². The van der Waals surface area contributed by atoms with Crippen molar-refractivity contribution in [2.75, 3.05) is 18.4 Å². The number of anilines is 1. The van der Waals surface area contributed by atoms with Crippen LogP contribution in [0.4, 0.5) is 5.69 Å². The molecule has 1 aromatic heterocycles. The summed E-state index contributed by atoms with van der Waals surface area (Å²) in [6, 6.07) is 9.40. The standard InChI is InChI=1S/C19H22ClN3O4S/c20-15-7-5-8-16(13-15)21-18(24)14-22-10-6-9-17(19(22)25)28(26,27)23-11-3-1-2-4-12-23/h5-10,13H,1-4,11-12,14H2,(H,21,24). The van der Waals surface area contributed by atoms with Gasteiger partial charge in [-0.25, -0.2) is 8.42 Å². The van der Waals surface area contributed by atoms with Crippen LogP contribution in [0.3, 0.4) is 0 Å². The summed E-state index contributed by atoms with van der Waals surface area (Å²) in [5, 5.41) is 3.12. The van der Waals surface area contributed by atoms with Crippen LogP contribution in [0.5, 0.6) is 0 Å². The van der Waals surface area contributed by atoms with Gasteiger partial charge in [-0.05, 0) is 43.2 Å². The zero-order valence-electron chi connectivity index (χ0n) is 15.3. The lowest BCUT2D eigenvalue weighted by Gasteiger charge is -2.20. The normalized spacial score (nSPS) is 15.8. The lowest BCUT2D eigenvalue weighted by atomic mass is 10.2. The highest BCUT2D eigenvalue weighted by atomic mass is 35.5. The molecule has 0 atom stereocenters. The van der Waals surface area contributed by atoms with E-state index >= 15 is 0 Å². The minimum absolute atomic E-state index is 0.297. The van der Waals surface area contributed by atoms with Gasteiger partial charge in [0.2, 0.25) is 15.9 Å². The van der Waals surface area contributed by atoms with Crippen LogP contribution in [-0.2, 0) is 21.4 Å². The smallest absolute Gasteiger partial charge is 0.271 e. The Labute approximate surface area is 169 Å². The molecule has 9 heteroatoms. The second-order valence-electron chi connectivity index (χ2n) is 6.68. The van der Waals surface area contributed by atoms with E-state index in [1.165, 1.54) is 22.6 Å². The summed E-state index contributed by atoms with van der Waals surface area (Å²) < 4.78 is 28.3. The number of aromatic nitrogens is 1. The van der Waals surface area contributed by atoms with Gasteiger partial charge >= 0.3 is 0 Å². The third-order valence-electron chi connectivity index (χ3n) is 4.59. The third-order valence-corrected chi connectivity index (χ3v) is 6.74. The van der Waals surface area contributed by atoms with E-state index in [2.05, 4.69) is 5.32 Å². The zero-order valence-corrected chi connectivity index (χ0v) is 16.9. The van der Waals surface area contributed by atoms with Crippen molar-refractivity contribution in [3.05, 3.63) is 58.0 Å². The minimum atomic E-state index is -3.89. The molecule has 0 spiro atoms. The topological polar surface area (TPSA) is 88.5 Å². The van der Waals surface area contributed by atoms with Crippen LogP contribution in [0.25, 0.3) is 0 Å². The van der Waals surface area contributed by atoms with Crippen LogP contribution in [0.2, 0.25) is 5.02 Å². The Hall–Kier alpha value is -2.16. The van der Waals surface area contributed by atoms with E-state index in [0.717, 1.165) is 30.3 Å². The Morgan fingerprint density at radius 2 is 1.79 bits per heavy atom. The number of nitrogens with zero attached hydrogens (tertiary/aromatic N) is 2. The van der Waals surface area contributed by atoms with Crippen molar-refractivity contribution >= 4 is 33.2 Å². The number of benzene rings is 1. The van der Waals surface area contributed by atoms with Gasteiger partial charge in [-0.3, -0.25) is 9.59 Å². The Balaban J connectivity index is 1.80. The predicted octanol–water partition coefficient (Wildman–Crippen LogP) is 2.71. The van der Waals surface area contributed by atoms with Gasteiger partial charge in [-0.15, -0.1) is 0 Å². The molecule has 3 rings (SSSR count). The maximum atomic E-state index is 12.9. The van der Waals surface area contributed by atoms with Gasteiger partial charge in [0.05, 0.1) is 0 Å². The lowest BCUT2D eigenvalue weighted by Crippen LogP contribution is -2.37. The summed E-state index contributed by atoms with van der Waals surface area (Å²) in [5.41, 5.74) is -0.202. The first-order valence-electron chi connectivity index (χ1n) is 9.13. The number of carbonyl (C=O) groups is 1. The molecule has 1 aliphatic rings. The van der Waals surface area contributed by atoms with Crippen LogP contribution in [-0.4, -0.2) is 36.3 Å². The van der Waals surface area contributed by atoms with Crippen LogP contribution >= 0.6 is 11.6 Å². The van der Waals surface area contributed by atoms with E-state index in [9.17, 15) is 18.0 Å². The van der Waals surface area contributed by atoms with Gasteiger partial charge in [0.25, 0.3) is 5.56 Å². The molecule has 0 radical (unpaired) electrons. The van der Waals surface area contributed by atoms with Crippen molar-refractivity contribution in [3.63, 3.8) is 0 Å². The van der Waals surface area contributed by atoms with E-state index in [1.807, 2.05) is 0 Å². The van der Waals surface area contributed by atoms with Gasteiger partial charge in [-0.1, -0.05) is 30.5 Å². The van der Waals surface area contributed by atoms with Crippen molar-refractivity contribution in [2.45, 2.75) is 37.1 Å². The summed E-state index contributed by atoms with van der Waals surface area (Å²) in [6.07, 6.45) is 4.93. The Morgan fingerprint density at radius 3 is 2.46 bits per heavy atom. The van der Waals surface area contributed by atoms with Gasteiger partial charge in [-0.2, -0.15) is 4.31 Å². The predicted molar refractivity (Wildman–Crippen MR) is 108 cm³/mol. The highest BCUT2D eigenvalue weighted by molar-refractivity contribution is 7.89. The van der Waals surface area contributed by atoms with Crippen LogP contribution in [0.1, 0.15) is 25.7 Å². The van der Waals surface area contributed by atoms with Crippen LogP contribution in [0, 0.1) is 0 Å². The fourth-order valence-corrected chi connectivity index (χ4v) is 4.97.